The Morgan fingerprint density at radius 1 is 0.983 bits per heavy atom. The fourth-order valence-electron chi connectivity index (χ4n) is 8.65. The second kappa shape index (κ2) is 15.7. The molecule has 0 radical (unpaired) electrons. The summed E-state index contributed by atoms with van der Waals surface area (Å²) in [6.07, 6.45) is -6.33. The molecule has 5 atom stereocenters. The zero-order chi connectivity index (χ0) is 42.6. The molecular weight excluding hydrogens is 797 g/mol. The fourth-order valence-corrected chi connectivity index (χ4v) is 8.65. The molecule has 316 valence electrons. The first-order valence-corrected chi connectivity index (χ1v) is 18.5. The average Bonchev–Trinajstić information content (AvgIpc) is 3.69. The number of rotatable bonds is 12. The van der Waals surface area contributed by atoms with E-state index in [1.165, 1.54) is 21.1 Å². The summed E-state index contributed by atoms with van der Waals surface area (Å²) in [4.78, 5) is 28.2. The van der Waals surface area contributed by atoms with Gasteiger partial charge in [-0.15, -0.1) is 0 Å². The van der Waals surface area contributed by atoms with E-state index < -0.39 is 72.6 Å². The summed E-state index contributed by atoms with van der Waals surface area (Å²) in [6.45, 7) is 2.19. The van der Waals surface area contributed by atoms with Gasteiger partial charge in [0.15, 0.2) is 29.8 Å². The first kappa shape index (κ1) is 41.8. The van der Waals surface area contributed by atoms with Crippen molar-refractivity contribution in [3.8, 4) is 34.8 Å². The molecule has 59 heavy (non-hydrogen) atoms. The van der Waals surface area contributed by atoms with Crippen molar-refractivity contribution in [1.82, 2.24) is 15.5 Å². The molecule has 0 saturated carbocycles. The number of aryl methyl sites for hydroxylation is 2. The van der Waals surface area contributed by atoms with Gasteiger partial charge in [-0.05, 0) is 49.8 Å². The maximum Gasteiger partial charge on any atom is 0.460 e. The molecule has 0 aromatic heterocycles. The van der Waals surface area contributed by atoms with Crippen LogP contribution in [0.5, 0.6) is 28.7 Å². The molecule has 4 aliphatic heterocycles. The van der Waals surface area contributed by atoms with Gasteiger partial charge >= 0.3 is 24.0 Å². The minimum Gasteiger partial charge on any atom is -0.493 e. The molecule has 1 saturated heterocycles. The first-order valence-electron chi connectivity index (χ1n) is 18.5. The molecule has 1 amide bonds. The van der Waals surface area contributed by atoms with Crippen LogP contribution in [0.4, 0.5) is 30.7 Å². The van der Waals surface area contributed by atoms with Gasteiger partial charge in [0, 0.05) is 54.4 Å². The molecule has 0 spiro atoms. The molecule has 0 aliphatic carbocycles. The molecule has 3 aromatic rings. The highest BCUT2D eigenvalue weighted by Gasteiger charge is 2.77. The molecule has 3 aromatic carbocycles. The summed E-state index contributed by atoms with van der Waals surface area (Å²) in [5.41, 5.74) is 2.81. The van der Waals surface area contributed by atoms with Crippen LogP contribution in [0.3, 0.4) is 0 Å². The quantitative estimate of drug-likeness (QED) is 0.0970. The Morgan fingerprint density at radius 3 is 2.36 bits per heavy atom. The maximum absolute atomic E-state index is 14.9. The summed E-state index contributed by atoms with van der Waals surface area (Å²) in [5.74, 6) is -16.9. The number of piperazine rings is 1. The van der Waals surface area contributed by atoms with Crippen molar-refractivity contribution in [2.75, 3.05) is 34.4 Å². The summed E-state index contributed by atoms with van der Waals surface area (Å²) in [7, 11) is 2.87. The van der Waals surface area contributed by atoms with E-state index in [-0.39, 0.29) is 54.4 Å². The summed E-state index contributed by atoms with van der Waals surface area (Å²) < 4.78 is 131. The first-order chi connectivity index (χ1) is 28.0. The topological polar surface area (TPSA) is 141 Å². The number of nitriles is 1. The Morgan fingerprint density at radius 2 is 1.69 bits per heavy atom. The van der Waals surface area contributed by atoms with Crippen LogP contribution in [0.15, 0.2) is 36.4 Å². The van der Waals surface area contributed by atoms with Crippen molar-refractivity contribution in [3.63, 3.8) is 0 Å². The number of carbonyl (C=O) groups is 2. The molecule has 2 bridgehead atoms. The number of alkyl halides is 7. The van der Waals surface area contributed by atoms with Crippen molar-refractivity contribution in [2.45, 2.75) is 87.8 Å². The highest BCUT2D eigenvalue weighted by atomic mass is 19.4. The van der Waals surface area contributed by atoms with Crippen LogP contribution in [0.1, 0.15) is 57.4 Å². The second-order valence-electron chi connectivity index (χ2n) is 14.7. The average molecular weight is 837 g/mol. The number of amides is 1. The number of ether oxygens (including phenoxy) is 6. The lowest BCUT2D eigenvalue weighted by Crippen LogP contribution is -2.68. The molecule has 19 heteroatoms. The number of nitrogens with one attached hydrogen (secondary N) is 2. The number of benzene rings is 3. The molecular formula is C40H39F7N4O8. The highest BCUT2D eigenvalue weighted by molar-refractivity contribution is 5.83. The standard InChI is InChI=1S/C40H39F7N4O8/c1-19-12-22-13-24-26(15-48)51-25(31(50-24)29(22)35(32(19)55-4)56-17-54-3)14-23-30(27(51)16-49-28(52)11-10-21-8-6-5-7-9-21)36-34(57-18-58-36)20(2)33(23)59-37(53)38(41,42)39(43,44)40(45,46)47/h5-9,12,24-27,31,50H,10-11,13-14,16-18H2,1-4H3,(H,49,52)/t24-,25?,26+,27+,31+/m1/s1. The van der Waals surface area contributed by atoms with E-state index in [2.05, 4.69) is 16.7 Å². The van der Waals surface area contributed by atoms with Crippen LogP contribution in [0.25, 0.3) is 0 Å². The van der Waals surface area contributed by atoms with Crippen molar-refractivity contribution in [2.24, 2.45) is 0 Å². The van der Waals surface area contributed by atoms with Crippen LogP contribution in [0.2, 0.25) is 0 Å². The Balaban J connectivity index is 1.39. The summed E-state index contributed by atoms with van der Waals surface area (Å²) in [6, 6.07) is 9.28. The fraction of sp³-hybridized carbons (Fsp3) is 0.475. The van der Waals surface area contributed by atoms with E-state index >= 15 is 0 Å². The van der Waals surface area contributed by atoms with Crippen LogP contribution < -0.4 is 34.3 Å². The number of methoxy groups -OCH3 is 2. The van der Waals surface area contributed by atoms with Gasteiger partial charge in [0.1, 0.15) is 11.8 Å². The zero-order valence-corrected chi connectivity index (χ0v) is 32.1. The van der Waals surface area contributed by atoms with Crippen molar-refractivity contribution < 1.29 is 68.7 Å². The van der Waals surface area contributed by atoms with E-state index in [0.717, 1.165) is 11.1 Å². The third-order valence-electron chi connectivity index (χ3n) is 11.2. The largest absolute Gasteiger partial charge is 0.493 e. The number of hydrogen-bond acceptors (Lipinski definition) is 11. The van der Waals surface area contributed by atoms with Crippen LogP contribution in [0, 0.1) is 25.2 Å². The molecule has 4 aliphatic rings. The minimum absolute atomic E-state index is 0.0360. The van der Waals surface area contributed by atoms with Crippen molar-refractivity contribution in [3.05, 3.63) is 75.3 Å². The monoisotopic (exact) mass is 836 g/mol. The van der Waals surface area contributed by atoms with Crippen LogP contribution >= 0.6 is 0 Å². The van der Waals surface area contributed by atoms with Gasteiger partial charge in [0.25, 0.3) is 0 Å². The Kier molecular flexibility index (Phi) is 11.1. The number of esters is 1. The minimum atomic E-state index is -6.81. The van der Waals surface area contributed by atoms with E-state index in [1.807, 2.05) is 48.2 Å². The molecule has 1 unspecified atom stereocenters. The van der Waals surface area contributed by atoms with Crippen LogP contribution in [-0.4, -0.2) is 87.3 Å². The molecule has 4 heterocycles. The van der Waals surface area contributed by atoms with Crippen molar-refractivity contribution in [1.29, 1.82) is 5.26 Å². The van der Waals surface area contributed by atoms with Crippen molar-refractivity contribution >= 4 is 11.9 Å². The lowest BCUT2D eigenvalue weighted by molar-refractivity contribution is -0.346. The predicted molar refractivity (Wildman–Crippen MR) is 192 cm³/mol. The zero-order valence-electron chi connectivity index (χ0n) is 32.1. The summed E-state index contributed by atoms with van der Waals surface area (Å²) in [5, 5.41) is 17.2. The van der Waals surface area contributed by atoms with Gasteiger partial charge in [0.05, 0.1) is 25.3 Å². The highest BCUT2D eigenvalue weighted by Crippen LogP contribution is 2.57. The third kappa shape index (κ3) is 7.04. The number of halogens is 7. The van der Waals surface area contributed by atoms with E-state index in [1.54, 1.807) is 0 Å². The van der Waals surface area contributed by atoms with Gasteiger partial charge in [-0.25, -0.2) is 4.79 Å². The van der Waals surface area contributed by atoms with Gasteiger partial charge in [-0.1, -0.05) is 36.4 Å². The Labute approximate surface area is 333 Å². The van der Waals surface area contributed by atoms with E-state index in [4.69, 9.17) is 28.4 Å². The number of nitrogens with zero attached hydrogens (tertiary/aromatic N) is 2. The second-order valence-corrected chi connectivity index (χ2v) is 14.7. The molecule has 2 N–H and O–H groups in total. The molecule has 1 fully saturated rings. The van der Waals surface area contributed by atoms with Gasteiger partial charge < -0.3 is 39.1 Å². The van der Waals surface area contributed by atoms with Gasteiger partial charge in [-0.3, -0.25) is 9.69 Å². The number of hydrogen-bond donors (Lipinski definition) is 2. The van der Waals surface area contributed by atoms with E-state index in [9.17, 15) is 45.6 Å². The van der Waals surface area contributed by atoms with E-state index in [0.29, 0.717) is 35.5 Å². The Bertz CT molecular complexity index is 2180. The molecule has 7 rings (SSSR count). The SMILES string of the molecule is COCOc1c(OC)c(C)cc2c1[C@H]1N[C@H](C2)[C@H](C#N)N2C1Cc1c(OC(=O)C(F)(F)C(F)(F)C(F)(F)F)c(C)c3c(c1[C@@H]2CNC(=O)CCc1ccccc1)OCO3. The predicted octanol–water partition coefficient (Wildman–Crippen LogP) is 5.94. The lowest BCUT2D eigenvalue weighted by atomic mass is 9.72. The lowest BCUT2D eigenvalue weighted by Gasteiger charge is -2.56. The van der Waals surface area contributed by atoms with Gasteiger partial charge in [-0.2, -0.15) is 36.0 Å². The normalized spacial score (nSPS) is 22.0. The number of fused-ring (bicyclic) bond motifs is 9. The smallest absolute Gasteiger partial charge is 0.460 e. The maximum atomic E-state index is 14.9. The molecule has 12 nitrogen and oxygen atoms in total. The number of carbonyl (C=O) groups excluding carboxylic acids is 2. The Hall–Kier alpha value is -5.32. The van der Waals surface area contributed by atoms with Crippen LogP contribution in [-0.2, 0) is 33.6 Å². The third-order valence-corrected chi connectivity index (χ3v) is 11.2. The van der Waals surface area contributed by atoms with Gasteiger partial charge in [0.2, 0.25) is 12.7 Å². The summed E-state index contributed by atoms with van der Waals surface area (Å²) >= 11 is 0.